The molecule has 0 bridgehead atoms. The number of furan rings is 1. The number of phenolic OH excluding ortho intramolecular Hbond substituents is 1. The van der Waals surface area contributed by atoms with E-state index in [1.165, 1.54) is 36.4 Å². The highest BCUT2D eigenvalue weighted by Gasteiger charge is 2.31. The van der Waals surface area contributed by atoms with Crippen molar-refractivity contribution in [3.05, 3.63) is 89.7 Å². The number of alkyl halides is 3. The molecule has 0 unspecified atom stereocenters. The first kappa shape index (κ1) is 20.0. The third kappa shape index (κ3) is 3.66. The Morgan fingerprint density at radius 1 is 0.900 bits per heavy atom. The van der Waals surface area contributed by atoms with Gasteiger partial charge in [-0.3, -0.25) is 0 Å². The third-order valence-corrected chi connectivity index (χ3v) is 6.53. The predicted molar refractivity (Wildman–Crippen MR) is 104 cm³/mol. The smallest absolute Gasteiger partial charge is 0.416 e. The van der Waals surface area contributed by atoms with Crippen LogP contribution in [0.4, 0.5) is 13.2 Å². The molecule has 0 amide bonds. The van der Waals surface area contributed by atoms with E-state index in [9.17, 15) is 26.7 Å². The van der Waals surface area contributed by atoms with Crippen molar-refractivity contribution in [2.45, 2.75) is 22.4 Å². The van der Waals surface area contributed by atoms with Crippen molar-refractivity contribution in [1.82, 2.24) is 0 Å². The van der Waals surface area contributed by atoms with Crippen molar-refractivity contribution >= 4 is 20.8 Å². The summed E-state index contributed by atoms with van der Waals surface area (Å²) in [5, 5.41) is 9.80. The lowest BCUT2D eigenvalue weighted by Crippen LogP contribution is -2.07. The summed E-state index contributed by atoms with van der Waals surface area (Å²) in [6, 6.07) is 16.2. The molecule has 1 N–H and O–H groups in total. The second-order valence-corrected chi connectivity index (χ2v) is 8.61. The molecule has 0 radical (unpaired) electrons. The maximum Gasteiger partial charge on any atom is 0.416 e. The Labute approximate surface area is 170 Å². The summed E-state index contributed by atoms with van der Waals surface area (Å²) in [5.74, 6) is -0.0428. The van der Waals surface area contributed by atoms with Crippen LogP contribution in [0.25, 0.3) is 11.0 Å². The summed E-state index contributed by atoms with van der Waals surface area (Å²) >= 11 is 0. The van der Waals surface area contributed by atoms with Crippen molar-refractivity contribution in [3.63, 3.8) is 0 Å². The summed E-state index contributed by atoms with van der Waals surface area (Å²) in [6.45, 7) is 0. The van der Waals surface area contributed by atoms with Crippen LogP contribution in [-0.2, 0) is 22.4 Å². The molecule has 0 saturated carbocycles. The zero-order valence-corrected chi connectivity index (χ0v) is 16.2. The van der Waals surface area contributed by atoms with Crippen LogP contribution in [0.5, 0.6) is 5.75 Å². The Hall–Kier alpha value is -3.26. The van der Waals surface area contributed by atoms with Gasteiger partial charge >= 0.3 is 6.18 Å². The van der Waals surface area contributed by atoms with Gasteiger partial charge in [-0.05, 0) is 48.0 Å². The largest absolute Gasteiger partial charge is 0.508 e. The van der Waals surface area contributed by atoms with Gasteiger partial charge in [-0.25, -0.2) is 8.42 Å². The van der Waals surface area contributed by atoms with Gasteiger partial charge in [0, 0.05) is 11.8 Å². The Morgan fingerprint density at radius 2 is 1.60 bits per heavy atom. The van der Waals surface area contributed by atoms with Gasteiger partial charge in [0.2, 0.25) is 9.84 Å². The van der Waals surface area contributed by atoms with Crippen LogP contribution in [0.2, 0.25) is 0 Å². The molecule has 0 fully saturated rings. The van der Waals surface area contributed by atoms with Gasteiger partial charge < -0.3 is 9.52 Å². The molecule has 0 aliphatic rings. The summed E-state index contributed by atoms with van der Waals surface area (Å²) in [6.07, 6.45) is -4.64. The van der Waals surface area contributed by atoms with Crippen LogP contribution >= 0.6 is 0 Å². The van der Waals surface area contributed by atoms with E-state index in [4.69, 9.17) is 4.42 Å². The van der Waals surface area contributed by atoms with Gasteiger partial charge in [0.15, 0.2) is 0 Å². The quantitative estimate of drug-likeness (QED) is 0.457. The first-order valence-electron chi connectivity index (χ1n) is 8.87. The minimum Gasteiger partial charge on any atom is -0.508 e. The summed E-state index contributed by atoms with van der Waals surface area (Å²) in [5.41, 5.74) is -0.234. The average Bonchev–Trinajstić information content (AvgIpc) is 3.06. The van der Waals surface area contributed by atoms with Crippen LogP contribution in [0, 0.1) is 0 Å². The molecule has 0 saturated heterocycles. The van der Waals surface area contributed by atoms with E-state index in [0.29, 0.717) is 11.0 Å². The molecule has 154 valence electrons. The number of phenols is 1. The molecule has 0 aliphatic heterocycles. The van der Waals surface area contributed by atoms with Gasteiger partial charge in [-0.2, -0.15) is 13.2 Å². The number of para-hydroxylation sites is 1. The van der Waals surface area contributed by atoms with E-state index in [0.717, 1.165) is 12.1 Å². The Bertz CT molecular complexity index is 1320. The summed E-state index contributed by atoms with van der Waals surface area (Å²) in [7, 11) is -4.06. The van der Waals surface area contributed by atoms with Crippen molar-refractivity contribution in [2.75, 3.05) is 0 Å². The number of fused-ring (bicyclic) bond motifs is 1. The highest BCUT2D eigenvalue weighted by atomic mass is 32.2. The van der Waals surface area contributed by atoms with Gasteiger partial charge in [-0.1, -0.05) is 30.3 Å². The van der Waals surface area contributed by atoms with Gasteiger partial charge in [0.1, 0.15) is 22.0 Å². The molecule has 4 nitrogen and oxygen atoms in total. The lowest BCUT2D eigenvalue weighted by molar-refractivity contribution is -0.137. The number of rotatable bonds is 4. The fourth-order valence-electron chi connectivity index (χ4n) is 3.27. The topological polar surface area (TPSA) is 67.5 Å². The van der Waals surface area contributed by atoms with Gasteiger partial charge in [-0.15, -0.1) is 0 Å². The van der Waals surface area contributed by atoms with E-state index < -0.39 is 21.6 Å². The first-order valence-corrected chi connectivity index (χ1v) is 10.4. The minimum absolute atomic E-state index is 0.0450. The SMILES string of the molecule is O=S(=O)(c1ccc(O)cc1)c1c(Cc2cccc(C(F)(F)F)c2)oc2ccccc12. The maximum absolute atomic E-state index is 13.3. The Morgan fingerprint density at radius 3 is 2.30 bits per heavy atom. The molecule has 1 aromatic heterocycles. The van der Waals surface area contributed by atoms with Crippen LogP contribution in [0.15, 0.2) is 87.0 Å². The third-order valence-electron chi connectivity index (χ3n) is 4.65. The molecular weight excluding hydrogens is 417 g/mol. The summed E-state index contributed by atoms with van der Waals surface area (Å²) in [4.78, 5) is -0.154. The lowest BCUT2D eigenvalue weighted by atomic mass is 10.1. The second-order valence-electron chi connectivity index (χ2n) is 6.72. The standard InChI is InChI=1S/C22H15F3O4S/c23-22(24,25)15-5-3-4-14(12-15)13-20-21(18-6-1-2-7-19(18)29-20)30(27,28)17-10-8-16(26)9-11-17/h1-12,26H,13H2. The fraction of sp³-hybridized carbons (Fsp3) is 0.0909. The predicted octanol–water partition coefficient (Wildman–Crippen LogP) is 5.58. The highest BCUT2D eigenvalue weighted by molar-refractivity contribution is 7.91. The fourth-order valence-corrected chi connectivity index (χ4v) is 4.87. The monoisotopic (exact) mass is 432 g/mol. The van der Waals surface area contributed by atoms with Crippen LogP contribution < -0.4 is 0 Å². The summed E-state index contributed by atoms with van der Waals surface area (Å²) < 4.78 is 71.6. The van der Waals surface area contributed by atoms with E-state index in [-0.39, 0.29) is 33.3 Å². The highest BCUT2D eigenvalue weighted by Crippen LogP contribution is 2.36. The molecule has 0 atom stereocenters. The van der Waals surface area contributed by atoms with E-state index in [1.54, 1.807) is 24.3 Å². The molecule has 3 aromatic carbocycles. The van der Waals surface area contributed by atoms with Crippen molar-refractivity contribution in [1.29, 1.82) is 0 Å². The lowest BCUT2D eigenvalue weighted by Gasteiger charge is -2.09. The second kappa shape index (κ2) is 7.21. The van der Waals surface area contributed by atoms with Gasteiger partial charge in [0.05, 0.1) is 10.5 Å². The van der Waals surface area contributed by atoms with Crippen molar-refractivity contribution in [3.8, 4) is 5.75 Å². The zero-order valence-electron chi connectivity index (χ0n) is 15.3. The minimum atomic E-state index is -4.51. The van der Waals surface area contributed by atoms with E-state index in [2.05, 4.69) is 0 Å². The molecule has 0 spiro atoms. The molecule has 0 aliphatic carbocycles. The Kier molecular flexibility index (Phi) is 4.82. The Balaban J connectivity index is 1.87. The molecular formula is C22H15F3O4S. The van der Waals surface area contributed by atoms with E-state index >= 15 is 0 Å². The molecule has 30 heavy (non-hydrogen) atoms. The van der Waals surface area contributed by atoms with Crippen LogP contribution in [0.3, 0.4) is 0 Å². The molecule has 8 heteroatoms. The number of aromatic hydroxyl groups is 1. The number of hydrogen-bond donors (Lipinski definition) is 1. The number of halogens is 3. The number of hydrogen-bond acceptors (Lipinski definition) is 4. The number of benzene rings is 3. The van der Waals surface area contributed by atoms with Crippen molar-refractivity contribution < 1.29 is 31.1 Å². The average molecular weight is 432 g/mol. The maximum atomic E-state index is 13.3. The number of sulfone groups is 1. The molecule has 4 rings (SSSR count). The van der Waals surface area contributed by atoms with Crippen LogP contribution in [-0.4, -0.2) is 13.5 Å². The van der Waals surface area contributed by atoms with Crippen LogP contribution in [0.1, 0.15) is 16.9 Å². The normalized spacial score (nSPS) is 12.4. The van der Waals surface area contributed by atoms with E-state index in [1.807, 2.05) is 0 Å². The van der Waals surface area contributed by atoms with Gasteiger partial charge in [0.25, 0.3) is 0 Å². The zero-order chi connectivity index (χ0) is 21.5. The molecule has 1 heterocycles. The first-order chi connectivity index (χ1) is 14.2. The molecule has 4 aromatic rings. The van der Waals surface area contributed by atoms with Crippen molar-refractivity contribution in [2.24, 2.45) is 0 Å².